The highest BCUT2D eigenvalue weighted by Gasteiger charge is 2.42. The first-order valence-electron chi connectivity index (χ1n) is 6.97. The molecule has 0 spiro atoms. The van der Waals surface area contributed by atoms with Crippen molar-refractivity contribution < 1.29 is 13.2 Å². The summed E-state index contributed by atoms with van der Waals surface area (Å²) in [6.45, 7) is 12.0. The molecule has 0 aromatic heterocycles. The zero-order chi connectivity index (χ0) is 14.7. The standard InChI is InChI=1S/C13H28N2O3S/c1-6-7-14-8-9-19(16,17)15-10-12(2,3)18-13(4,5)11-15/h14H,6-11H2,1-5H3. The number of morpholine rings is 1. The summed E-state index contributed by atoms with van der Waals surface area (Å²) in [6, 6.07) is 0. The molecule has 0 aliphatic carbocycles. The van der Waals surface area contributed by atoms with Crippen molar-refractivity contribution in [3.05, 3.63) is 0 Å². The van der Waals surface area contributed by atoms with E-state index in [-0.39, 0.29) is 5.75 Å². The summed E-state index contributed by atoms with van der Waals surface area (Å²) in [5, 5.41) is 3.13. The summed E-state index contributed by atoms with van der Waals surface area (Å²) in [5.41, 5.74) is -0.878. The van der Waals surface area contributed by atoms with Gasteiger partial charge in [0.15, 0.2) is 0 Å². The van der Waals surface area contributed by atoms with Gasteiger partial charge in [-0.15, -0.1) is 0 Å². The van der Waals surface area contributed by atoms with Crippen LogP contribution in [0.25, 0.3) is 0 Å². The minimum Gasteiger partial charge on any atom is -0.367 e. The summed E-state index contributed by atoms with van der Waals surface area (Å²) in [4.78, 5) is 0. The molecule has 0 bridgehead atoms. The summed E-state index contributed by atoms with van der Waals surface area (Å²) in [5.74, 6) is 0.152. The van der Waals surface area contributed by atoms with Crippen LogP contribution in [0, 0.1) is 0 Å². The second-order valence-electron chi connectivity index (χ2n) is 6.46. The molecular formula is C13H28N2O3S. The van der Waals surface area contributed by atoms with Gasteiger partial charge in [0.05, 0.1) is 17.0 Å². The van der Waals surface area contributed by atoms with E-state index in [2.05, 4.69) is 12.2 Å². The number of hydrogen-bond donors (Lipinski definition) is 1. The fourth-order valence-corrected chi connectivity index (χ4v) is 4.22. The Balaban J connectivity index is 2.66. The molecule has 1 heterocycles. The molecule has 1 aliphatic rings. The molecule has 1 fully saturated rings. The van der Waals surface area contributed by atoms with Crippen LogP contribution in [0.1, 0.15) is 41.0 Å². The third-order valence-corrected chi connectivity index (χ3v) is 4.79. The molecule has 0 amide bonds. The number of nitrogens with one attached hydrogen (secondary N) is 1. The van der Waals surface area contributed by atoms with Gasteiger partial charge in [-0.25, -0.2) is 8.42 Å². The van der Waals surface area contributed by atoms with Crippen LogP contribution in [0.4, 0.5) is 0 Å². The number of ether oxygens (including phenoxy) is 1. The van der Waals surface area contributed by atoms with Gasteiger partial charge in [0.1, 0.15) is 0 Å². The fourth-order valence-electron chi connectivity index (χ4n) is 2.55. The molecule has 1 N–H and O–H groups in total. The first-order valence-corrected chi connectivity index (χ1v) is 8.58. The molecule has 5 nitrogen and oxygen atoms in total. The van der Waals surface area contributed by atoms with Gasteiger partial charge in [-0.3, -0.25) is 0 Å². The van der Waals surface area contributed by atoms with E-state index in [4.69, 9.17) is 4.74 Å². The highest BCUT2D eigenvalue weighted by molar-refractivity contribution is 7.89. The average molecular weight is 292 g/mol. The highest BCUT2D eigenvalue weighted by Crippen LogP contribution is 2.29. The van der Waals surface area contributed by atoms with Crippen molar-refractivity contribution in [1.82, 2.24) is 9.62 Å². The van der Waals surface area contributed by atoms with Crippen molar-refractivity contribution in [2.45, 2.75) is 52.2 Å². The zero-order valence-electron chi connectivity index (χ0n) is 12.8. The Bertz CT molecular complexity index is 375. The summed E-state index contributed by atoms with van der Waals surface area (Å²) < 4.78 is 32.2. The molecule has 1 saturated heterocycles. The topological polar surface area (TPSA) is 58.6 Å². The SMILES string of the molecule is CCCNCCS(=O)(=O)N1CC(C)(C)OC(C)(C)C1. The quantitative estimate of drug-likeness (QED) is 0.748. The van der Waals surface area contributed by atoms with Gasteiger partial charge in [0.25, 0.3) is 0 Å². The molecule has 0 aromatic carbocycles. The maximum absolute atomic E-state index is 12.4. The molecule has 0 radical (unpaired) electrons. The molecule has 6 heteroatoms. The van der Waals surface area contributed by atoms with Gasteiger partial charge >= 0.3 is 0 Å². The molecule has 1 rings (SSSR count). The van der Waals surface area contributed by atoms with Gasteiger partial charge < -0.3 is 10.1 Å². The van der Waals surface area contributed by atoms with E-state index in [0.29, 0.717) is 19.6 Å². The highest BCUT2D eigenvalue weighted by atomic mass is 32.2. The van der Waals surface area contributed by atoms with Gasteiger partial charge in [-0.05, 0) is 40.7 Å². The third kappa shape index (κ3) is 5.38. The molecule has 1 aliphatic heterocycles. The minimum atomic E-state index is -3.22. The van der Waals surface area contributed by atoms with E-state index in [0.717, 1.165) is 13.0 Å². The molecule has 19 heavy (non-hydrogen) atoms. The van der Waals surface area contributed by atoms with Crippen LogP contribution >= 0.6 is 0 Å². The summed E-state index contributed by atoms with van der Waals surface area (Å²) >= 11 is 0. The Morgan fingerprint density at radius 3 is 2.11 bits per heavy atom. The van der Waals surface area contributed by atoms with Crippen LogP contribution in [0.2, 0.25) is 0 Å². The third-order valence-electron chi connectivity index (χ3n) is 3.02. The van der Waals surface area contributed by atoms with Crippen LogP contribution in [0.5, 0.6) is 0 Å². The van der Waals surface area contributed by atoms with E-state index >= 15 is 0 Å². The van der Waals surface area contributed by atoms with E-state index in [1.807, 2.05) is 27.7 Å². The Morgan fingerprint density at radius 1 is 1.11 bits per heavy atom. The van der Waals surface area contributed by atoms with Gasteiger partial charge in [0, 0.05) is 19.6 Å². The van der Waals surface area contributed by atoms with E-state index in [1.165, 1.54) is 0 Å². The van der Waals surface area contributed by atoms with Crippen LogP contribution in [-0.4, -0.2) is 55.9 Å². The van der Waals surface area contributed by atoms with Crippen LogP contribution in [0.15, 0.2) is 0 Å². The van der Waals surface area contributed by atoms with Crippen molar-refractivity contribution >= 4 is 10.0 Å². The minimum absolute atomic E-state index is 0.152. The Kier molecular flexibility index (Phi) is 5.40. The molecule has 0 unspecified atom stereocenters. The lowest BCUT2D eigenvalue weighted by atomic mass is 10.0. The van der Waals surface area contributed by atoms with Gasteiger partial charge in [0.2, 0.25) is 10.0 Å². The number of rotatable bonds is 6. The lowest BCUT2D eigenvalue weighted by molar-refractivity contribution is -0.163. The Morgan fingerprint density at radius 2 is 1.63 bits per heavy atom. The lowest BCUT2D eigenvalue weighted by Gasteiger charge is -2.46. The second-order valence-corrected chi connectivity index (χ2v) is 8.54. The average Bonchev–Trinajstić information content (AvgIpc) is 2.20. The largest absolute Gasteiger partial charge is 0.367 e. The molecule has 0 atom stereocenters. The first kappa shape index (κ1) is 16.9. The van der Waals surface area contributed by atoms with Crippen molar-refractivity contribution in [1.29, 1.82) is 0 Å². The maximum atomic E-state index is 12.4. The fraction of sp³-hybridized carbons (Fsp3) is 1.00. The van der Waals surface area contributed by atoms with E-state index in [9.17, 15) is 8.42 Å². The van der Waals surface area contributed by atoms with Crippen molar-refractivity contribution in [3.63, 3.8) is 0 Å². The summed E-state index contributed by atoms with van der Waals surface area (Å²) in [6.07, 6.45) is 1.01. The zero-order valence-corrected chi connectivity index (χ0v) is 13.6. The number of sulfonamides is 1. The van der Waals surface area contributed by atoms with Crippen molar-refractivity contribution in [2.75, 3.05) is 31.9 Å². The van der Waals surface area contributed by atoms with Crippen molar-refractivity contribution in [2.24, 2.45) is 0 Å². The lowest BCUT2D eigenvalue weighted by Crippen LogP contribution is -2.59. The number of nitrogens with zero attached hydrogens (tertiary/aromatic N) is 1. The summed E-state index contributed by atoms with van der Waals surface area (Å²) in [7, 11) is -3.22. The Labute approximate surface area is 117 Å². The van der Waals surface area contributed by atoms with Gasteiger partial charge in [-0.1, -0.05) is 6.92 Å². The second kappa shape index (κ2) is 6.08. The molecular weight excluding hydrogens is 264 g/mol. The Hall–Kier alpha value is -0.170. The normalized spacial score (nSPS) is 23.4. The predicted octanol–water partition coefficient (Wildman–Crippen LogP) is 1.21. The van der Waals surface area contributed by atoms with Gasteiger partial charge in [-0.2, -0.15) is 4.31 Å². The molecule has 0 saturated carbocycles. The van der Waals surface area contributed by atoms with E-state index in [1.54, 1.807) is 4.31 Å². The molecule has 0 aromatic rings. The van der Waals surface area contributed by atoms with Crippen LogP contribution < -0.4 is 5.32 Å². The first-order chi connectivity index (χ1) is 8.58. The maximum Gasteiger partial charge on any atom is 0.215 e. The van der Waals surface area contributed by atoms with Crippen molar-refractivity contribution in [3.8, 4) is 0 Å². The van der Waals surface area contributed by atoms with E-state index < -0.39 is 21.2 Å². The van der Waals surface area contributed by atoms with Crippen LogP contribution in [0.3, 0.4) is 0 Å². The number of hydrogen-bond acceptors (Lipinski definition) is 4. The predicted molar refractivity (Wildman–Crippen MR) is 77.8 cm³/mol. The smallest absolute Gasteiger partial charge is 0.215 e. The van der Waals surface area contributed by atoms with Crippen LogP contribution in [-0.2, 0) is 14.8 Å². The molecule has 114 valence electrons. The monoisotopic (exact) mass is 292 g/mol.